The zero-order valence-electron chi connectivity index (χ0n) is 8.76. The predicted molar refractivity (Wildman–Crippen MR) is 64.5 cm³/mol. The summed E-state index contributed by atoms with van der Waals surface area (Å²) in [5.74, 6) is 1.36. The SMILES string of the molecule is C#CC(CC)NC(=O)c1cc(Br)ccc1F. The maximum atomic E-state index is 13.3. The van der Waals surface area contributed by atoms with Gasteiger partial charge in [-0.2, -0.15) is 0 Å². The van der Waals surface area contributed by atoms with E-state index in [2.05, 4.69) is 27.2 Å². The maximum absolute atomic E-state index is 13.3. The van der Waals surface area contributed by atoms with Crippen molar-refractivity contribution in [1.82, 2.24) is 5.32 Å². The Hall–Kier alpha value is -1.34. The van der Waals surface area contributed by atoms with E-state index < -0.39 is 11.7 Å². The molecule has 4 heteroatoms. The van der Waals surface area contributed by atoms with Gasteiger partial charge in [0.2, 0.25) is 0 Å². The molecule has 1 rings (SSSR count). The second kappa shape index (κ2) is 5.66. The molecule has 1 amide bonds. The summed E-state index contributed by atoms with van der Waals surface area (Å²) < 4.78 is 14.0. The van der Waals surface area contributed by atoms with Crippen LogP contribution in [-0.4, -0.2) is 11.9 Å². The molecular weight excluding hydrogens is 273 g/mol. The van der Waals surface area contributed by atoms with Gasteiger partial charge in [0.1, 0.15) is 5.82 Å². The molecule has 84 valence electrons. The molecule has 0 saturated heterocycles. The topological polar surface area (TPSA) is 29.1 Å². The van der Waals surface area contributed by atoms with Crippen LogP contribution in [0.5, 0.6) is 0 Å². The molecule has 0 aliphatic heterocycles. The lowest BCUT2D eigenvalue weighted by molar-refractivity contribution is 0.0941. The Morgan fingerprint density at radius 3 is 2.94 bits per heavy atom. The van der Waals surface area contributed by atoms with Crippen molar-refractivity contribution >= 4 is 21.8 Å². The van der Waals surface area contributed by atoms with E-state index in [4.69, 9.17) is 6.42 Å². The van der Waals surface area contributed by atoms with Crippen molar-refractivity contribution in [2.24, 2.45) is 0 Å². The molecule has 1 unspecified atom stereocenters. The van der Waals surface area contributed by atoms with Crippen LogP contribution in [0.2, 0.25) is 0 Å². The summed E-state index contributed by atoms with van der Waals surface area (Å²) in [6.45, 7) is 1.85. The predicted octanol–water partition coefficient (Wildman–Crippen LogP) is 2.73. The molecule has 16 heavy (non-hydrogen) atoms. The molecule has 0 saturated carbocycles. The number of benzene rings is 1. The van der Waals surface area contributed by atoms with E-state index >= 15 is 0 Å². The number of rotatable bonds is 3. The molecule has 0 aliphatic rings. The molecule has 0 fully saturated rings. The van der Waals surface area contributed by atoms with Crippen LogP contribution in [0.15, 0.2) is 22.7 Å². The summed E-state index contributed by atoms with van der Waals surface area (Å²) in [5.41, 5.74) is -0.0110. The lowest BCUT2D eigenvalue weighted by Crippen LogP contribution is -2.33. The van der Waals surface area contributed by atoms with Gasteiger partial charge in [-0.3, -0.25) is 4.79 Å². The Bertz CT molecular complexity index is 439. The monoisotopic (exact) mass is 283 g/mol. The van der Waals surface area contributed by atoms with Crippen LogP contribution in [0.25, 0.3) is 0 Å². The van der Waals surface area contributed by atoms with Gasteiger partial charge in [-0.25, -0.2) is 4.39 Å². The van der Waals surface area contributed by atoms with E-state index in [-0.39, 0.29) is 11.6 Å². The third-order valence-electron chi connectivity index (χ3n) is 2.09. The summed E-state index contributed by atoms with van der Waals surface area (Å²) in [6, 6.07) is 3.82. The highest BCUT2D eigenvalue weighted by Crippen LogP contribution is 2.15. The van der Waals surface area contributed by atoms with Crippen molar-refractivity contribution in [1.29, 1.82) is 0 Å². The van der Waals surface area contributed by atoms with Gasteiger partial charge < -0.3 is 5.32 Å². The number of terminal acetylenes is 1. The molecule has 2 nitrogen and oxygen atoms in total. The summed E-state index contributed by atoms with van der Waals surface area (Å²) in [5, 5.41) is 2.56. The van der Waals surface area contributed by atoms with E-state index in [0.717, 1.165) is 0 Å². The number of hydrogen-bond donors (Lipinski definition) is 1. The van der Waals surface area contributed by atoms with Gasteiger partial charge in [-0.1, -0.05) is 28.8 Å². The Balaban J connectivity index is 2.89. The fraction of sp³-hybridized carbons (Fsp3) is 0.250. The standard InChI is InChI=1S/C12H11BrFNO/c1-3-9(4-2)15-12(16)10-7-8(13)5-6-11(10)14/h1,5-7,9H,4H2,2H3,(H,15,16). The van der Waals surface area contributed by atoms with E-state index in [1.165, 1.54) is 18.2 Å². The van der Waals surface area contributed by atoms with Crippen molar-refractivity contribution in [2.45, 2.75) is 19.4 Å². The number of nitrogens with one attached hydrogen (secondary N) is 1. The van der Waals surface area contributed by atoms with E-state index in [9.17, 15) is 9.18 Å². The number of halogens is 2. The number of carbonyl (C=O) groups is 1. The molecule has 1 aromatic rings. The van der Waals surface area contributed by atoms with Crippen LogP contribution in [0, 0.1) is 18.2 Å². The zero-order valence-corrected chi connectivity index (χ0v) is 10.3. The van der Waals surface area contributed by atoms with Crippen molar-refractivity contribution in [3.8, 4) is 12.3 Å². The highest BCUT2D eigenvalue weighted by molar-refractivity contribution is 9.10. The van der Waals surface area contributed by atoms with Crippen LogP contribution >= 0.6 is 15.9 Å². The highest BCUT2D eigenvalue weighted by atomic mass is 79.9. The lowest BCUT2D eigenvalue weighted by atomic mass is 10.1. The first kappa shape index (κ1) is 12.7. The van der Waals surface area contributed by atoms with Crippen LogP contribution < -0.4 is 5.32 Å². The minimum atomic E-state index is -0.562. The molecular formula is C12H11BrFNO. The first-order chi connectivity index (χ1) is 7.58. The van der Waals surface area contributed by atoms with Gasteiger partial charge in [0.25, 0.3) is 5.91 Å². The van der Waals surface area contributed by atoms with Crippen LogP contribution in [0.4, 0.5) is 4.39 Å². The van der Waals surface area contributed by atoms with Crippen molar-refractivity contribution in [3.05, 3.63) is 34.1 Å². The Morgan fingerprint density at radius 1 is 1.69 bits per heavy atom. The van der Waals surface area contributed by atoms with Crippen molar-refractivity contribution < 1.29 is 9.18 Å². The minimum Gasteiger partial charge on any atom is -0.338 e. The molecule has 0 bridgehead atoms. The molecule has 1 aromatic carbocycles. The summed E-state index contributed by atoms with van der Waals surface area (Å²) in [4.78, 5) is 11.7. The molecule has 1 atom stereocenters. The third kappa shape index (κ3) is 3.07. The molecule has 1 N–H and O–H groups in total. The molecule has 0 spiro atoms. The Kier molecular flexibility index (Phi) is 4.51. The van der Waals surface area contributed by atoms with Crippen LogP contribution in [0.3, 0.4) is 0 Å². The van der Waals surface area contributed by atoms with E-state index in [0.29, 0.717) is 10.9 Å². The number of carbonyl (C=O) groups excluding carboxylic acids is 1. The minimum absolute atomic E-state index is 0.0110. The largest absolute Gasteiger partial charge is 0.338 e. The lowest BCUT2D eigenvalue weighted by Gasteiger charge is -2.11. The van der Waals surface area contributed by atoms with Gasteiger partial charge in [0.05, 0.1) is 11.6 Å². The van der Waals surface area contributed by atoms with Crippen molar-refractivity contribution in [3.63, 3.8) is 0 Å². The van der Waals surface area contributed by atoms with E-state index in [1.807, 2.05) is 6.92 Å². The van der Waals surface area contributed by atoms with Crippen LogP contribution in [-0.2, 0) is 0 Å². The van der Waals surface area contributed by atoms with Crippen LogP contribution in [0.1, 0.15) is 23.7 Å². The fourth-order valence-corrected chi connectivity index (χ4v) is 1.53. The third-order valence-corrected chi connectivity index (χ3v) is 2.58. The molecule has 0 radical (unpaired) electrons. The van der Waals surface area contributed by atoms with E-state index in [1.54, 1.807) is 0 Å². The molecule has 0 aliphatic carbocycles. The quantitative estimate of drug-likeness (QED) is 0.850. The summed E-state index contributed by atoms with van der Waals surface area (Å²) >= 11 is 3.18. The highest BCUT2D eigenvalue weighted by Gasteiger charge is 2.14. The second-order valence-corrected chi connectivity index (χ2v) is 4.14. The van der Waals surface area contributed by atoms with Crippen molar-refractivity contribution in [2.75, 3.05) is 0 Å². The first-order valence-corrected chi connectivity index (χ1v) is 5.59. The molecule has 0 heterocycles. The van der Waals surface area contributed by atoms with Gasteiger partial charge in [-0.15, -0.1) is 6.42 Å². The number of amides is 1. The average molecular weight is 284 g/mol. The summed E-state index contributed by atoms with van der Waals surface area (Å²) in [7, 11) is 0. The van der Waals surface area contributed by atoms with Gasteiger partial charge in [0.15, 0.2) is 0 Å². The van der Waals surface area contributed by atoms with Gasteiger partial charge in [-0.05, 0) is 24.6 Å². The zero-order chi connectivity index (χ0) is 12.1. The Morgan fingerprint density at radius 2 is 2.38 bits per heavy atom. The first-order valence-electron chi connectivity index (χ1n) is 4.80. The summed E-state index contributed by atoms with van der Waals surface area (Å²) in [6.07, 6.45) is 5.82. The fourth-order valence-electron chi connectivity index (χ4n) is 1.17. The van der Waals surface area contributed by atoms with Gasteiger partial charge in [0, 0.05) is 4.47 Å². The second-order valence-electron chi connectivity index (χ2n) is 3.23. The van der Waals surface area contributed by atoms with Gasteiger partial charge >= 0.3 is 0 Å². The normalized spacial score (nSPS) is 11.6. The smallest absolute Gasteiger partial charge is 0.255 e. The number of hydrogen-bond acceptors (Lipinski definition) is 1. The Labute approximate surface area is 102 Å². The average Bonchev–Trinajstić information content (AvgIpc) is 2.28. The maximum Gasteiger partial charge on any atom is 0.255 e. The molecule has 0 aromatic heterocycles.